The number of hydrogen-bond acceptors (Lipinski definition) is 4. The van der Waals surface area contributed by atoms with E-state index in [1.54, 1.807) is 29.5 Å². The van der Waals surface area contributed by atoms with Crippen molar-refractivity contribution in [1.29, 1.82) is 0 Å². The molecule has 4 nitrogen and oxygen atoms in total. The summed E-state index contributed by atoms with van der Waals surface area (Å²) in [6, 6.07) is 14.1. The van der Waals surface area contributed by atoms with Gasteiger partial charge in [0, 0.05) is 24.9 Å². The van der Waals surface area contributed by atoms with Crippen molar-refractivity contribution in [2.24, 2.45) is 5.10 Å². The number of fused-ring (bicyclic) bond motifs is 1. The van der Waals surface area contributed by atoms with Crippen LogP contribution in [-0.4, -0.2) is 21.6 Å². The molecule has 23 heavy (non-hydrogen) atoms. The third kappa shape index (κ3) is 2.53. The topological polar surface area (TPSA) is 45.6 Å². The maximum atomic E-state index is 12.0. The van der Waals surface area contributed by atoms with Gasteiger partial charge in [-0.05, 0) is 35.2 Å². The fourth-order valence-electron chi connectivity index (χ4n) is 2.95. The van der Waals surface area contributed by atoms with E-state index in [9.17, 15) is 4.79 Å². The van der Waals surface area contributed by atoms with Crippen LogP contribution in [0, 0.1) is 0 Å². The van der Waals surface area contributed by atoms with Crippen LogP contribution < -0.4 is 0 Å². The molecular formula is C18H15N3OS. The van der Waals surface area contributed by atoms with E-state index in [2.05, 4.69) is 22.2 Å². The number of thiophene rings is 1. The third-order valence-electron chi connectivity index (χ3n) is 4.05. The van der Waals surface area contributed by atoms with Crippen molar-refractivity contribution in [3.05, 3.63) is 64.5 Å². The van der Waals surface area contributed by atoms with E-state index in [4.69, 9.17) is 0 Å². The summed E-state index contributed by atoms with van der Waals surface area (Å²) in [6.07, 6.45) is 2.53. The van der Waals surface area contributed by atoms with Gasteiger partial charge < -0.3 is 0 Å². The summed E-state index contributed by atoms with van der Waals surface area (Å²) in [7, 11) is 0. The SMILES string of the molecule is CC(=O)N1N=C(c2cccs2)CC1c1ccc2ncccc2c1. The summed E-state index contributed by atoms with van der Waals surface area (Å²) in [4.78, 5) is 17.5. The molecule has 1 aliphatic heterocycles. The van der Waals surface area contributed by atoms with Crippen LogP contribution in [0.2, 0.25) is 0 Å². The molecule has 1 aliphatic rings. The fraction of sp³-hybridized carbons (Fsp3) is 0.167. The van der Waals surface area contributed by atoms with Crippen LogP contribution >= 0.6 is 11.3 Å². The molecule has 0 N–H and O–H groups in total. The molecule has 2 aromatic heterocycles. The maximum Gasteiger partial charge on any atom is 0.240 e. The van der Waals surface area contributed by atoms with E-state index in [0.717, 1.165) is 33.5 Å². The highest BCUT2D eigenvalue weighted by molar-refractivity contribution is 7.12. The number of carbonyl (C=O) groups is 1. The summed E-state index contributed by atoms with van der Waals surface area (Å²) >= 11 is 1.65. The molecule has 1 amide bonds. The minimum Gasteiger partial charge on any atom is -0.273 e. The average molecular weight is 321 g/mol. The second-order valence-electron chi connectivity index (χ2n) is 5.56. The molecule has 3 heterocycles. The van der Waals surface area contributed by atoms with E-state index >= 15 is 0 Å². The van der Waals surface area contributed by atoms with Crippen molar-refractivity contribution >= 4 is 33.9 Å². The molecule has 0 saturated heterocycles. The van der Waals surface area contributed by atoms with Gasteiger partial charge in [0.05, 0.1) is 22.1 Å². The Kier molecular flexibility index (Phi) is 3.42. The number of hydrazone groups is 1. The summed E-state index contributed by atoms with van der Waals surface area (Å²) in [6.45, 7) is 1.57. The van der Waals surface area contributed by atoms with Crippen LogP contribution in [0.1, 0.15) is 29.8 Å². The van der Waals surface area contributed by atoms with Gasteiger partial charge in [0.2, 0.25) is 5.91 Å². The number of benzene rings is 1. The molecule has 3 aromatic rings. The predicted molar refractivity (Wildman–Crippen MR) is 92.5 cm³/mol. The van der Waals surface area contributed by atoms with E-state index in [0.29, 0.717) is 0 Å². The molecule has 0 bridgehead atoms. The first-order valence-electron chi connectivity index (χ1n) is 7.48. The first-order chi connectivity index (χ1) is 11.2. The Labute approximate surface area is 138 Å². The van der Waals surface area contributed by atoms with Crippen LogP contribution in [0.3, 0.4) is 0 Å². The molecule has 5 heteroatoms. The standard InChI is InChI=1S/C18H15N3OS/c1-12(22)21-17(11-16(20-21)18-5-3-9-23-18)14-6-7-15-13(10-14)4-2-8-19-15/h2-10,17H,11H2,1H3. The monoisotopic (exact) mass is 321 g/mol. The van der Waals surface area contributed by atoms with Gasteiger partial charge in [-0.25, -0.2) is 5.01 Å². The van der Waals surface area contributed by atoms with Gasteiger partial charge in [0.25, 0.3) is 0 Å². The van der Waals surface area contributed by atoms with Gasteiger partial charge in [-0.2, -0.15) is 5.10 Å². The smallest absolute Gasteiger partial charge is 0.240 e. The molecule has 0 radical (unpaired) electrons. The predicted octanol–water partition coefficient (Wildman–Crippen LogP) is 3.99. The van der Waals surface area contributed by atoms with Crippen molar-refractivity contribution in [3.8, 4) is 0 Å². The lowest BCUT2D eigenvalue weighted by Crippen LogP contribution is -2.24. The third-order valence-corrected chi connectivity index (χ3v) is 4.97. The zero-order chi connectivity index (χ0) is 15.8. The zero-order valence-corrected chi connectivity index (χ0v) is 13.5. The Morgan fingerprint density at radius 1 is 1.26 bits per heavy atom. The van der Waals surface area contributed by atoms with E-state index < -0.39 is 0 Å². The molecule has 4 rings (SSSR count). The molecule has 0 aliphatic carbocycles. The minimum absolute atomic E-state index is 0.0344. The number of nitrogens with zero attached hydrogens (tertiary/aromatic N) is 3. The number of rotatable bonds is 2. The van der Waals surface area contributed by atoms with Gasteiger partial charge in [-0.3, -0.25) is 9.78 Å². The lowest BCUT2D eigenvalue weighted by molar-refractivity contribution is -0.130. The molecule has 0 saturated carbocycles. The molecule has 114 valence electrons. The Hall–Kier alpha value is -2.53. The highest BCUT2D eigenvalue weighted by Gasteiger charge is 2.31. The number of carbonyl (C=O) groups excluding carboxylic acids is 1. The van der Waals surface area contributed by atoms with Gasteiger partial charge in [-0.1, -0.05) is 18.2 Å². The molecule has 0 spiro atoms. The van der Waals surface area contributed by atoms with Crippen LogP contribution in [0.15, 0.2) is 59.1 Å². The maximum absolute atomic E-state index is 12.0. The Morgan fingerprint density at radius 3 is 2.96 bits per heavy atom. The van der Waals surface area contributed by atoms with Gasteiger partial charge >= 0.3 is 0 Å². The average Bonchev–Trinajstić information content (AvgIpc) is 3.23. The number of amides is 1. The Morgan fingerprint density at radius 2 is 2.17 bits per heavy atom. The largest absolute Gasteiger partial charge is 0.273 e. The second kappa shape index (κ2) is 5.59. The quantitative estimate of drug-likeness (QED) is 0.716. The number of aromatic nitrogens is 1. The Balaban J connectivity index is 1.73. The van der Waals surface area contributed by atoms with Crippen molar-refractivity contribution in [1.82, 2.24) is 9.99 Å². The van der Waals surface area contributed by atoms with Gasteiger partial charge in [0.15, 0.2) is 0 Å². The molecule has 1 atom stereocenters. The van der Waals surface area contributed by atoms with Crippen molar-refractivity contribution in [2.45, 2.75) is 19.4 Å². The van der Waals surface area contributed by atoms with Crippen molar-refractivity contribution in [3.63, 3.8) is 0 Å². The molecular weight excluding hydrogens is 306 g/mol. The first-order valence-corrected chi connectivity index (χ1v) is 8.36. The second-order valence-corrected chi connectivity index (χ2v) is 6.51. The normalized spacial score (nSPS) is 17.5. The van der Waals surface area contributed by atoms with E-state index in [-0.39, 0.29) is 11.9 Å². The highest BCUT2D eigenvalue weighted by atomic mass is 32.1. The molecule has 1 unspecified atom stereocenters. The first kappa shape index (κ1) is 14.1. The van der Waals surface area contributed by atoms with Crippen LogP contribution in [0.4, 0.5) is 0 Å². The lowest BCUT2D eigenvalue weighted by atomic mass is 9.99. The molecule has 1 aromatic carbocycles. The van der Waals surface area contributed by atoms with Crippen LogP contribution in [0.5, 0.6) is 0 Å². The lowest BCUT2D eigenvalue weighted by Gasteiger charge is -2.20. The highest BCUT2D eigenvalue weighted by Crippen LogP contribution is 2.34. The molecule has 0 fully saturated rings. The van der Waals surface area contributed by atoms with Gasteiger partial charge in [-0.15, -0.1) is 11.3 Å². The summed E-state index contributed by atoms with van der Waals surface area (Å²) in [5.74, 6) is -0.0344. The zero-order valence-electron chi connectivity index (χ0n) is 12.6. The summed E-state index contributed by atoms with van der Waals surface area (Å²) in [5.41, 5.74) is 3.03. The van der Waals surface area contributed by atoms with Crippen molar-refractivity contribution < 1.29 is 4.79 Å². The number of pyridine rings is 1. The number of hydrogen-bond donors (Lipinski definition) is 0. The van der Waals surface area contributed by atoms with Gasteiger partial charge in [0.1, 0.15) is 0 Å². The Bertz CT molecular complexity index is 902. The van der Waals surface area contributed by atoms with Crippen molar-refractivity contribution in [2.75, 3.05) is 0 Å². The minimum atomic E-state index is -0.0470. The van der Waals surface area contributed by atoms with E-state index in [1.807, 2.05) is 35.7 Å². The summed E-state index contributed by atoms with van der Waals surface area (Å²) in [5, 5.41) is 9.28. The van der Waals surface area contributed by atoms with Crippen LogP contribution in [0.25, 0.3) is 10.9 Å². The fourth-order valence-corrected chi connectivity index (χ4v) is 3.67. The van der Waals surface area contributed by atoms with Crippen LogP contribution in [-0.2, 0) is 4.79 Å². The summed E-state index contributed by atoms with van der Waals surface area (Å²) < 4.78 is 0. The van der Waals surface area contributed by atoms with E-state index in [1.165, 1.54) is 0 Å².